The zero-order valence-corrected chi connectivity index (χ0v) is 17.9. The SMILES string of the molecule is COc1ccc(C(=O)c2c[nH+]c3cc4c(cc3c2N2CC[NH+](C)CC2)OCCO4)cc1. The van der Waals surface area contributed by atoms with Crippen molar-refractivity contribution >= 4 is 22.4 Å². The number of hydrogen-bond donors (Lipinski definition) is 1. The van der Waals surface area contributed by atoms with Crippen molar-refractivity contribution in [2.24, 2.45) is 0 Å². The maximum Gasteiger partial charge on any atom is 0.216 e. The molecule has 0 aliphatic carbocycles. The maximum atomic E-state index is 13.6. The minimum atomic E-state index is -0.0167. The molecule has 2 aliphatic heterocycles. The average Bonchev–Trinajstić information content (AvgIpc) is 2.82. The third kappa shape index (κ3) is 3.65. The Morgan fingerprint density at radius 1 is 1.06 bits per heavy atom. The highest BCUT2D eigenvalue weighted by Crippen LogP contribution is 2.38. The number of aromatic amines is 1. The van der Waals surface area contributed by atoms with E-state index in [1.165, 1.54) is 4.90 Å². The monoisotopic (exact) mass is 421 g/mol. The summed E-state index contributed by atoms with van der Waals surface area (Å²) in [6.45, 7) is 4.91. The average molecular weight is 421 g/mol. The number of ether oxygens (including phenoxy) is 3. The first-order chi connectivity index (χ1) is 15.1. The Labute approximate surface area is 181 Å². The predicted octanol–water partition coefficient (Wildman–Crippen LogP) is 0.999. The second-order valence-electron chi connectivity index (χ2n) is 8.09. The number of methoxy groups -OCH3 is 1. The van der Waals surface area contributed by atoms with E-state index >= 15 is 0 Å². The highest BCUT2D eigenvalue weighted by atomic mass is 16.6. The number of fused-ring (bicyclic) bond motifs is 2. The van der Waals surface area contributed by atoms with Gasteiger partial charge in [0.1, 0.15) is 24.5 Å². The van der Waals surface area contributed by atoms with Gasteiger partial charge in [0.25, 0.3) is 0 Å². The lowest BCUT2D eigenvalue weighted by atomic mass is 9.99. The molecule has 3 heterocycles. The quantitative estimate of drug-likeness (QED) is 0.637. The molecule has 160 valence electrons. The first-order valence-electron chi connectivity index (χ1n) is 10.7. The molecule has 1 fully saturated rings. The van der Waals surface area contributed by atoms with E-state index < -0.39 is 0 Å². The fraction of sp³-hybridized carbons (Fsp3) is 0.333. The van der Waals surface area contributed by atoms with Crippen molar-refractivity contribution in [1.82, 2.24) is 0 Å². The van der Waals surface area contributed by atoms with E-state index in [9.17, 15) is 4.79 Å². The molecule has 0 spiro atoms. The molecule has 31 heavy (non-hydrogen) atoms. The number of rotatable bonds is 4. The molecular weight excluding hydrogens is 394 g/mol. The van der Waals surface area contributed by atoms with Crippen LogP contribution in [0, 0.1) is 0 Å². The summed E-state index contributed by atoms with van der Waals surface area (Å²) >= 11 is 0. The molecule has 7 heteroatoms. The van der Waals surface area contributed by atoms with Crippen molar-refractivity contribution in [3.63, 3.8) is 0 Å². The molecule has 5 rings (SSSR count). The summed E-state index contributed by atoms with van der Waals surface area (Å²) in [7, 11) is 3.83. The van der Waals surface area contributed by atoms with Crippen molar-refractivity contribution in [1.29, 1.82) is 0 Å². The largest absolute Gasteiger partial charge is 0.497 e. The van der Waals surface area contributed by atoms with Crippen LogP contribution in [0.3, 0.4) is 0 Å². The maximum absolute atomic E-state index is 13.6. The highest BCUT2D eigenvalue weighted by molar-refractivity contribution is 6.15. The van der Waals surface area contributed by atoms with Gasteiger partial charge in [-0.1, -0.05) is 0 Å². The van der Waals surface area contributed by atoms with Gasteiger partial charge in [-0.2, -0.15) is 0 Å². The van der Waals surface area contributed by atoms with Gasteiger partial charge in [-0.3, -0.25) is 4.79 Å². The van der Waals surface area contributed by atoms with Gasteiger partial charge in [-0.05, 0) is 24.3 Å². The third-order valence-electron chi connectivity index (χ3n) is 6.09. The normalized spacial score (nSPS) is 16.4. The summed E-state index contributed by atoms with van der Waals surface area (Å²) in [4.78, 5) is 20.7. The molecule has 0 saturated carbocycles. The fourth-order valence-electron chi connectivity index (χ4n) is 4.29. The molecule has 0 radical (unpaired) electrons. The number of likely N-dealkylation sites (N-methyl/N-ethyl adjacent to an activating group) is 1. The Bertz CT molecular complexity index is 1120. The smallest absolute Gasteiger partial charge is 0.216 e. The number of ketones is 1. The summed E-state index contributed by atoms with van der Waals surface area (Å²) in [5.41, 5.74) is 3.18. The van der Waals surface area contributed by atoms with Gasteiger partial charge in [-0.25, -0.2) is 4.98 Å². The Balaban J connectivity index is 1.65. The molecule has 2 aliphatic rings. The number of aromatic nitrogens is 1. The van der Waals surface area contributed by atoms with Gasteiger partial charge >= 0.3 is 0 Å². The number of benzene rings is 2. The molecule has 0 bridgehead atoms. The topological polar surface area (TPSA) is 66.6 Å². The zero-order chi connectivity index (χ0) is 21.4. The number of hydrogen-bond acceptors (Lipinski definition) is 5. The van der Waals surface area contributed by atoms with Crippen LogP contribution in [-0.4, -0.2) is 59.3 Å². The Morgan fingerprint density at radius 2 is 1.74 bits per heavy atom. The van der Waals surface area contributed by atoms with Gasteiger partial charge < -0.3 is 24.0 Å². The summed E-state index contributed by atoms with van der Waals surface area (Å²) in [6.07, 6.45) is 1.82. The lowest BCUT2D eigenvalue weighted by molar-refractivity contribution is -0.880. The fourth-order valence-corrected chi connectivity index (χ4v) is 4.29. The number of pyridine rings is 1. The number of quaternary nitrogens is 1. The Morgan fingerprint density at radius 3 is 2.42 bits per heavy atom. The van der Waals surface area contributed by atoms with E-state index in [4.69, 9.17) is 14.2 Å². The van der Waals surface area contributed by atoms with Crippen LogP contribution in [0.25, 0.3) is 10.9 Å². The number of H-pyrrole nitrogens is 1. The minimum Gasteiger partial charge on any atom is -0.497 e. The lowest BCUT2D eigenvalue weighted by Gasteiger charge is -2.33. The van der Waals surface area contributed by atoms with Crippen molar-refractivity contribution in [2.75, 3.05) is 58.5 Å². The van der Waals surface area contributed by atoms with Crippen LogP contribution >= 0.6 is 0 Å². The van der Waals surface area contributed by atoms with Crippen LogP contribution in [0.4, 0.5) is 5.69 Å². The van der Waals surface area contributed by atoms with Crippen molar-refractivity contribution in [3.8, 4) is 17.2 Å². The molecule has 1 saturated heterocycles. The summed E-state index contributed by atoms with van der Waals surface area (Å²) in [6, 6.07) is 11.2. The Kier molecular flexibility index (Phi) is 5.11. The number of piperazine rings is 1. The van der Waals surface area contributed by atoms with Gasteiger partial charge in [0, 0.05) is 11.6 Å². The molecule has 7 nitrogen and oxygen atoms in total. The third-order valence-corrected chi connectivity index (χ3v) is 6.09. The highest BCUT2D eigenvalue weighted by Gasteiger charge is 2.29. The molecule has 0 amide bonds. The number of carbonyl (C=O) groups is 1. The van der Waals surface area contributed by atoms with E-state index in [0.29, 0.717) is 24.3 Å². The molecule has 0 atom stereocenters. The lowest BCUT2D eigenvalue weighted by Crippen LogP contribution is -3.12. The van der Waals surface area contributed by atoms with Crippen molar-refractivity contribution in [3.05, 3.63) is 53.7 Å². The molecule has 0 unspecified atom stereocenters. The van der Waals surface area contributed by atoms with E-state index in [2.05, 4.69) is 16.9 Å². The van der Waals surface area contributed by atoms with E-state index in [1.54, 1.807) is 7.11 Å². The zero-order valence-electron chi connectivity index (χ0n) is 17.9. The van der Waals surface area contributed by atoms with Crippen LogP contribution in [-0.2, 0) is 0 Å². The summed E-state index contributed by atoms with van der Waals surface area (Å²) in [5, 5.41) is 0.975. The van der Waals surface area contributed by atoms with Crippen LogP contribution in [0.1, 0.15) is 15.9 Å². The first kappa shape index (κ1) is 19.6. The molecule has 3 aromatic rings. The van der Waals surface area contributed by atoms with Crippen LogP contribution < -0.4 is 29.0 Å². The van der Waals surface area contributed by atoms with Crippen molar-refractivity contribution < 1.29 is 28.9 Å². The van der Waals surface area contributed by atoms with Gasteiger partial charge in [0.15, 0.2) is 17.7 Å². The summed E-state index contributed by atoms with van der Waals surface area (Å²) in [5.74, 6) is 2.17. The van der Waals surface area contributed by atoms with Crippen LogP contribution in [0.2, 0.25) is 0 Å². The Hall–Kier alpha value is -3.32. The van der Waals surface area contributed by atoms with Crippen molar-refractivity contribution in [2.45, 2.75) is 0 Å². The predicted molar refractivity (Wildman–Crippen MR) is 117 cm³/mol. The number of anilines is 1. The first-order valence-corrected chi connectivity index (χ1v) is 10.7. The van der Waals surface area contributed by atoms with Gasteiger partial charge in [0.2, 0.25) is 11.3 Å². The standard InChI is InChI=1S/C24H25N3O4/c1-26-7-9-27(10-8-26)23-18-13-21-22(31-12-11-30-21)14-20(18)25-15-19(23)24(28)16-3-5-17(29-2)6-4-16/h3-6,13-15H,7-12H2,1-2H3/p+2. The summed E-state index contributed by atoms with van der Waals surface area (Å²) < 4.78 is 16.8. The van der Waals surface area contributed by atoms with Gasteiger partial charge in [0.05, 0.1) is 57.5 Å². The minimum absolute atomic E-state index is 0.0167. The number of nitrogens with zero attached hydrogens (tertiary/aromatic N) is 1. The van der Waals surface area contributed by atoms with E-state index in [1.807, 2.05) is 42.6 Å². The second-order valence-corrected chi connectivity index (χ2v) is 8.09. The van der Waals surface area contributed by atoms with Gasteiger partial charge in [-0.15, -0.1) is 0 Å². The second kappa shape index (κ2) is 8.07. The molecular formula is C24H27N3O4+2. The molecule has 2 N–H and O–H groups in total. The van der Waals surface area contributed by atoms with E-state index in [0.717, 1.165) is 60.0 Å². The van der Waals surface area contributed by atoms with E-state index in [-0.39, 0.29) is 5.78 Å². The number of nitrogens with one attached hydrogen (secondary N) is 2. The molecule has 2 aromatic carbocycles. The van der Waals surface area contributed by atoms with Crippen LogP contribution in [0.15, 0.2) is 42.6 Å². The molecule has 1 aromatic heterocycles. The van der Waals surface area contributed by atoms with Crippen LogP contribution in [0.5, 0.6) is 17.2 Å². The number of carbonyl (C=O) groups excluding carboxylic acids is 1.